The molecule has 0 spiro atoms. The number of hydrogen-bond donors (Lipinski definition) is 7. The molecule has 0 saturated heterocycles. The predicted molar refractivity (Wildman–Crippen MR) is 118 cm³/mol. The van der Waals surface area contributed by atoms with E-state index < -0.39 is 37.0 Å². The van der Waals surface area contributed by atoms with Crippen molar-refractivity contribution in [1.29, 1.82) is 0 Å². The van der Waals surface area contributed by atoms with Gasteiger partial charge in [-0.3, -0.25) is 0 Å². The maximum absolute atomic E-state index is 10.1. The van der Waals surface area contributed by atoms with Crippen LogP contribution in [0.1, 0.15) is 96.8 Å². The summed E-state index contributed by atoms with van der Waals surface area (Å²) < 4.78 is 0. The van der Waals surface area contributed by atoms with E-state index in [1.165, 1.54) is 89.9 Å². The predicted octanol–water partition coefficient (Wildman–Crippen LogP) is 1.93. The highest BCUT2D eigenvalue weighted by molar-refractivity contribution is 5.72. The van der Waals surface area contributed by atoms with Crippen molar-refractivity contribution in [2.45, 2.75) is 121 Å². The number of carboxylic acid groups (broad SMARTS) is 1. The van der Waals surface area contributed by atoms with Gasteiger partial charge >= 0.3 is 5.97 Å². The van der Waals surface area contributed by atoms with Gasteiger partial charge < -0.3 is 36.4 Å². The fourth-order valence-electron chi connectivity index (χ4n) is 3.01. The third-order valence-corrected chi connectivity index (χ3v) is 5.07. The molecule has 0 aromatic heterocycles. The monoisotopic (exact) mass is 437 g/mol. The van der Waals surface area contributed by atoms with Crippen LogP contribution in [0, 0.1) is 0 Å². The van der Waals surface area contributed by atoms with E-state index in [2.05, 4.69) is 6.92 Å². The van der Waals surface area contributed by atoms with Crippen molar-refractivity contribution < 1.29 is 35.4 Å². The summed E-state index contributed by atoms with van der Waals surface area (Å²) in [6, 6.07) is 0. The average molecular weight is 438 g/mol. The Balaban J connectivity index is 0. The molecule has 0 rings (SSSR count). The van der Waals surface area contributed by atoms with Crippen molar-refractivity contribution in [3.8, 4) is 0 Å². The van der Waals surface area contributed by atoms with Gasteiger partial charge in [-0.1, -0.05) is 90.4 Å². The standard InChI is InChI=1S/C16H35N.C6H12O7/c1-2-3-4-5-6-7-8-9-10-11-12-13-14-15-16-17;7-1-2(8)3(9)4(10)5(11)6(12)13/h2-17H2,1H3;2-5,7-11H,1H2,(H,12,13). The number of carboxylic acids is 1. The first kappa shape index (κ1) is 31.4. The maximum Gasteiger partial charge on any atom is 0.335 e. The number of unbranched alkanes of at least 4 members (excludes halogenated alkanes) is 13. The van der Waals surface area contributed by atoms with Crippen molar-refractivity contribution >= 4 is 5.97 Å². The highest BCUT2D eigenvalue weighted by Crippen LogP contribution is 2.12. The molecule has 0 heterocycles. The number of carbonyl (C=O) groups is 1. The van der Waals surface area contributed by atoms with Gasteiger partial charge in [0.1, 0.15) is 18.3 Å². The molecule has 8 heteroatoms. The fraction of sp³-hybridized carbons (Fsp3) is 0.955. The molecular formula is C22H47NO7. The van der Waals surface area contributed by atoms with Crippen molar-refractivity contribution in [2.24, 2.45) is 5.73 Å². The molecule has 0 aliphatic carbocycles. The van der Waals surface area contributed by atoms with Crippen molar-refractivity contribution in [2.75, 3.05) is 13.2 Å². The van der Waals surface area contributed by atoms with Gasteiger partial charge in [0.25, 0.3) is 0 Å². The van der Waals surface area contributed by atoms with Crippen LogP contribution in [0.15, 0.2) is 0 Å². The van der Waals surface area contributed by atoms with Gasteiger partial charge in [-0.25, -0.2) is 4.79 Å². The molecule has 4 unspecified atom stereocenters. The summed E-state index contributed by atoms with van der Waals surface area (Å²) in [5.41, 5.74) is 5.47. The lowest BCUT2D eigenvalue weighted by Gasteiger charge is -2.23. The van der Waals surface area contributed by atoms with Gasteiger partial charge in [0.15, 0.2) is 6.10 Å². The summed E-state index contributed by atoms with van der Waals surface area (Å²) in [6.07, 6.45) is 12.0. The Kier molecular flexibility index (Phi) is 24.0. The Labute approximate surface area is 182 Å². The van der Waals surface area contributed by atoms with E-state index in [9.17, 15) is 4.79 Å². The minimum atomic E-state index is -2.20. The minimum Gasteiger partial charge on any atom is -0.479 e. The molecule has 0 saturated carbocycles. The molecule has 8 nitrogen and oxygen atoms in total. The van der Waals surface area contributed by atoms with Gasteiger partial charge in [0.05, 0.1) is 6.61 Å². The van der Waals surface area contributed by atoms with Crippen LogP contribution in [0.25, 0.3) is 0 Å². The van der Waals surface area contributed by atoms with Crippen LogP contribution in [-0.4, -0.2) is 74.2 Å². The van der Waals surface area contributed by atoms with Gasteiger partial charge in [-0.15, -0.1) is 0 Å². The maximum atomic E-state index is 10.1. The largest absolute Gasteiger partial charge is 0.479 e. The van der Waals surface area contributed by atoms with Crippen molar-refractivity contribution in [3.63, 3.8) is 0 Å². The molecule has 30 heavy (non-hydrogen) atoms. The first-order valence-corrected chi connectivity index (χ1v) is 11.6. The summed E-state index contributed by atoms with van der Waals surface area (Å²) in [4.78, 5) is 10.1. The van der Waals surface area contributed by atoms with Gasteiger partial charge in [-0.05, 0) is 13.0 Å². The number of aliphatic carboxylic acids is 1. The number of rotatable bonds is 19. The van der Waals surface area contributed by atoms with Gasteiger partial charge in [0.2, 0.25) is 0 Å². The Bertz CT molecular complexity index is 357. The van der Waals surface area contributed by atoms with E-state index in [1.807, 2.05) is 0 Å². The molecule has 0 bridgehead atoms. The summed E-state index contributed by atoms with van der Waals surface area (Å²) in [6.45, 7) is 2.32. The van der Waals surface area contributed by atoms with Gasteiger partial charge in [0, 0.05) is 0 Å². The second-order valence-corrected chi connectivity index (χ2v) is 7.90. The smallest absolute Gasteiger partial charge is 0.335 e. The molecule has 0 aromatic rings. The summed E-state index contributed by atoms with van der Waals surface area (Å²) >= 11 is 0. The van der Waals surface area contributed by atoms with Crippen molar-refractivity contribution in [3.05, 3.63) is 0 Å². The number of aliphatic hydroxyl groups is 5. The molecule has 182 valence electrons. The SMILES string of the molecule is CCCCCCCCCCCCCCCCN.O=C(O)C(O)C(O)C(O)C(O)CO. The van der Waals surface area contributed by atoms with Crippen LogP contribution < -0.4 is 5.73 Å². The quantitative estimate of drug-likeness (QED) is 0.151. The highest BCUT2D eigenvalue weighted by Gasteiger charge is 2.33. The third-order valence-electron chi connectivity index (χ3n) is 5.07. The van der Waals surface area contributed by atoms with Crippen LogP contribution in [0.5, 0.6) is 0 Å². The normalized spacial score (nSPS) is 15.0. The molecule has 8 N–H and O–H groups in total. The van der Waals surface area contributed by atoms with Crippen LogP contribution in [0.4, 0.5) is 0 Å². The summed E-state index contributed by atoms with van der Waals surface area (Å²) in [5.74, 6) is -1.73. The first-order chi connectivity index (χ1) is 14.3. The average Bonchev–Trinajstić information content (AvgIpc) is 2.75. The number of nitrogens with two attached hydrogens (primary N) is 1. The summed E-state index contributed by atoms with van der Waals surface area (Å²) in [5, 5.41) is 51.8. The van der Waals surface area contributed by atoms with E-state index in [1.54, 1.807) is 0 Å². The van der Waals surface area contributed by atoms with E-state index >= 15 is 0 Å². The molecule has 0 aliphatic rings. The molecule has 0 amide bonds. The Morgan fingerprint density at radius 1 is 0.700 bits per heavy atom. The summed E-state index contributed by atoms with van der Waals surface area (Å²) in [7, 11) is 0. The lowest BCUT2D eigenvalue weighted by Crippen LogP contribution is -2.48. The van der Waals surface area contributed by atoms with Crippen LogP contribution in [-0.2, 0) is 4.79 Å². The van der Waals surface area contributed by atoms with Gasteiger partial charge in [-0.2, -0.15) is 0 Å². The second kappa shape index (κ2) is 22.9. The Morgan fingerprint density at radius 2 is 1.07 bits per heavy atom. The van der Waals surface area contributed by atoms with E-state index in [-0.39, 0.29) is 0 Å². The third kappa shape index (κ3) is 19.2. The topological polar surface area (TPSA) is 164 Å². The lowest BCUT2D eigenvalue weighted by atomic mass is 10.0. The van der Waals surface area contributed by atoms with Crippen LogP contribution in [0.3, 0.4) is 0 Å². The van der Waals surface area contributed by atoms with E-state index in [0.717, 1.165) is 6.54 Å². The van der Waals surface area contributed by atoms with E-state index in [4.69, 9.17) is 36.4 Å². The molecule has 0 aliphatic heterocycles. The minimum absolute atomic E-state index is 0.843. The first-order valence-electron chi connectivity index (χ1n) is 11.6. The Morgan fingerprint density at radius 3 is 1.37 bits per heavy atom. The van der Waals surface area contributed by atoms with Crippen molar-refractivity contribution in [1.82, 2.24) is 0 Å². The lowest BCUT2D eigenvalue weighted by molar-refractivity contribution is -0.164. The Hall–Kier alpha value is -0.770. The van der Waals surface area contributed by atoms with Crippen LogP contribution >= 0.6 is 0 Å². The molecule has 0 fully saturated rings. The zero-order valence-corrected chi connectivity index (χ0v) is 18.8. The molecule has 4 atom stereocenters. The fourth-order valence-corrected chi connectivity index (χ4v) is 3.01. The van der Waals surface area contributed by atoms with E-state index in [0.29, 0.717) is 0 Å². The molecular weight excluding hydrogens is 390 g/mol. The number of aliphatic hydroxyl groups excluding tert-OH is 5. The molecule has 0 radical (unpaired) electrons. The zero-order valence-electron chi connectivity index (χ0n) is 18.8. The zero-order chi connectivity index (χ0) is 23.2. The number of hydrogen-bond acceptors (Lipinski definition) is 7. The molecule has 0 aromatic carbocycles. The van der Waals surface area contributed by atoms with Crippen LogP contribution in [0.2, 0.25) is 0 Å². The second-order valence-electron chi connectivity index (χ2n) is 7.90. The highest BCUT2D eigenvalue weighted by atomic mass is 16.4.